The molecule has 182 valence electrons. The molecule has 1 atom stereocenters. The summed E-state index contributed by atoms with van der Waals surface area (Å²) in [5, 5.41) is 0. The Bertz CT molecular complexity index is 813. The van der Waals surface area contributed by atoms with Crippen LogP contribution in [0.4, 0.5) is 10.7 Å². The Morgan fingerprint density at radius 2 is 1.85 bits per heavy atom. The van der Waals surface area contributed by atoms with Crippen LogP contribution in [0.3, 0.4) is 0 Å². The van der Waals surface area contributed by atoms with E-state index in [0.29, 0.717) is 18.1 Å². The van der Waals surface area contributed by atoms with Gasteiger partial charge in [0.2, 0.25) is 5.95 Å². The molecule has 0 unspecified atom stereocenters. The lowest BCUT2D eigenvalue weighted by atomic mass is 9.89. The van der Waals surface area contributed by atoms with Crippen LogP contribution < -0.4 is 4.90 Å². The Balaban J connectivity index is 1.71. The molecule has 2 fully saturated rings. The molecule has 1 amide bonds. The number of nitrogens with zero attached hydrogens (tertiary/aromatic N) is 4. The van der Waals surface area contributed by atoms with Gasteiger partial charge in [0.15, 0.2) is 0 Å². The lowest BCUT2D eigenvalue weighted by Crippen LogP contribution is -2.46. The van der Waals surface area contributed by atoms with Crippen molar-refractivity contribution in [3.63, 3.8) is 0 Å². The maximum Gasteiger partial charge on any atom is 0.417 e. The Labute approximate surface area is 197 Å². The number of hydrogen-bond donors (Lipinski definition) is 0. The molecule has 0 aromatic carbocycles. The number of amides is 1. The first-order valence-electron chi connectivity index (χ1n) is 12.2. The van der Waals surface area contributed by atoms with Crippen LogP contribution in [0.1, 0.15) is 71.8 Å². The molecule has 33 heavy (non-hydrogen) atoms. The first kappa shape index (κ1) is 25.1. The molecule has 2 aliphatic rings. The molecule has 1 saturated heterocycles. The predicted octanol–water partition coefficient (Wildman–Crippen LogP) is 4.45. The Morgan fingerprint density at radius 3 is 2.48 bits per heavy atom. The molecule has 3 rings (SSSR count). The lowest BCUT2D eigenvalue weighted by Gasteiger charge is -2.31. The molecule has 2 heterocycles. The van der Waals surface area contributed by atoms with Gasteiger partial charge in [0.1, 0.15) is 5.60 Å². The van der Waals surface area contributed by atoms with Gasteiger partial charge in [0.25, 0.3) is 0 Å². The molecule has 1 saturated carbocycles. The highest BCUT2D eigenvalue weighted by Crippen LogP contribution is 2.28. The second kappa shape index (κ2) is 11.6. The SMILES string of the molecule is CCOC(=O)C=Cc1cnc(N(C(=O)OC(C)(C)C)[C@@H]2CCN(CC3CCCCC3)C2)nc1. The third-order valence-electron chi connectivity index (χ3n) is 6.02. The van der Waals surface area contributed by atoms with E-state index in [1.54, 1.807) is 30.3 Å². The topological polar surface area (TPSA) is 84.9 Å². The molecular weight excluding hydrogens is 420 g/mol. The summed E-state index contributed by atoms with van der Waals surface area (Å²) in [7, 11) is 0. The first-order chi connectivity index (χ1) is 15.7. The molecule has 1 aromatic heterocycles. The van der Waals surface area contributed by atoms with Gasteiger partial charge in [-0.05, 0) is 59.0 Å². The minimum absolute atomic E-state index is 0.0376. The molecule has 8 heteroatoms. The van der Waals surface area contributed by atoms with E-state index in [0.717, 1.165) is 32.0 Å². The van der Waals surface area contributed by atoms with E-state index < -0.39 is 17.7 Å². The Hall–Kier alpha value is -2.48. The third kappa shape index (κ3) is 7.81. The summed E-state index contributed by atoms with van der Waals surface area (Å²) in [6, 6.07) is -0.0376. The molecule has 0 radical (unpaired) electrons. The van der Waals surface area contributed by atoms with Crippen molar-refractivity contribution in [1.82, 2.24) is 14.9 Å². The Morgan fingerprint density at radius 1 is 1.15 bits per heavy atom. The maximum atomic E-state index is 13.1. The summed E-state index contributed by atoms with van der Waals surface area (Å²) < 4.78 is 10.6. The molecule has 0 spiro atoms. The molecule has 0 bridgehead atoms. The van der Waals surface area contributed by atoms with Crippen molar-refractivity contribution in [1.29, 1.82) is 0 Å². The van der Waals surface area contributed by atoms with Crippen molar-refractivity contribution in [2.24, 2.45) is 5.92 Å². The van der Waals surface area contributed by atoms with Gasteiger partial charge in [-0.3, -0.25) is 0 Å². The summed E-state index contributed by atoms with van der Waals surface area (Å²) in [5.41, 5.74) is 0.0409. The standard InChI is InChI=1S/C25H38N4O4/c1-5-32-22(30)12-11-20-15-26-23(27-16-20)29(24(31)33-25(2,3)4)21-13-14-28(18-21)17-19-9-7-6-8-10-19/h11-12,15-16,19,21H,5-10,13-14,17-18H2,1-4H3/t21-/m1/s1. The summed E-state index contributed by atoms with van der Waals surface area (Å²) in [4.78, 5) is 37.6. The normalized spacial score (nSPS) is 20.2. The third-order valence-corrected chi connectivity index (χ3v) is 6.02. The van der Waals surface area contributed by atoms with Crippen LogP contribution in [0.15, 0.2) is 18.5 Å². The highest BCUT2D eigenvalue weighted by molar-refractivity contribution is 5.87. The smallest absolute Gasteiger partial charge is 0.417 e. The minimum Gasteiger partial charge on any atom is -0.463 e. The van der Waals surface area contributed by atoms with E-state index in [4.69, 9.17) is 9.47 Å². The van der Waals surface area contributed by atoms with Gasteiger partial charge in [0.05, 0.1) is 12.6 Å². The van der Waals surface area contributed by atoms with E-state index in [1.807, 2.05) is 20.8 Å². The van der Waals surface area contributed by atoms with Crippen LogP contribution in [0.5, 0.6) is 0 Å². The molecule has 8 nitrogen and oxygen atoms in total. The van der Waals surface area contributed by atoms with Crippen molar-refractivity contribution < 1.29 is 19.1 Å². The molecule has 1 aliphatic heterocycles. The van der Waals surface area contributed by atoms with Crippen LogP contribution in [-0.4, -0.2) is 64.8 Å². The number of esters is 1. The van der Waals surface area contributed by atoms with E-state index in [-0.39, 0.29) is 6.04 Å². The number of aromatic nitrogens is 2. The fourth-order valence-corrected chi connectivity index (χ4v) is 4.53. The number of rotatable bonds is 7. The molecular formula is C25H38N4O4. The zero-order valence-corrected chi connectivity index (χ0v) is 20.5. The molecule has 0 N–H and O–H groups in total. The van der Waals surface area contributed by atoms with Crippen LogP contribution in [0.2, 0.25) is 0 Å². The average Bonchev–Trinajstić information content (AvgIpc) is 3.21. The lowest BCUT2D eigenvalue weighted by molar-refractivity contribution is -0.137. The van der Waals surface area contributed by atoms with Crippen molar-refractivity contribution in [3.05, 3.63) is 24.0 Å². The number of carbonyl (C=O) groups excluding carboxylic acids is 2. The van der Waals surface area contributed by atoms with Gasteiger partial charge in [-0.1, -0.05) is 19.3 Å². The van der Waals surface area contributed by atoms with Gasteiger partial charge >= 0.3 is 12.1 Å². The number of carbonyl (C=O) groups is 2. The van der Waals surface area contributed by atoms with Crippen molar-refractivity contribution in [2.75, 3.05) is 31.1 Å². The van der Waals surface area contributed by atoms with Crippen LogP contribution in [0, 0.1) is 5.92 Å². The Kier molecular flexibility index (Phi) is 8.83. The van der Waals surface area contributed by atoms with Crippen molar-refractivity contribution in [2.45, 2.75) is 77.9 Å². The van der Waals surface area contributed by atoms with Gasteiger partial charge in [0, 0.05) is 43.7 Å². The van der Waals surface area contributed by atoms with Gasteiger partial charge in [-0.15, -0.1) is 0 Å². The number of hydrogen-bond acceptors (Lipinski definition) is 7. The van der Waals surface area contributed by atoms with Crippen LogP contribution >= 0.6 is 0 Å². The second-order valence-electron chi connectivity index (χ2n) is 9.96. The predicted molar refractivity (Wildman–Crippen MR) is 128 cm³/mol. The highest BCUT2D eigenvalue weighted by atomic mass is 16.6. The van der Waals surface area contributed by atoms with E-state index in [2.05, 4.69) is 14.9 Å². The average molecular weight is 459 g/mol. The van der Waals surface area contributed by atoms with E-state index in [1.165, 1.54) is 38.2 Å². The monoisotopic (exact) mass is 458 g/mol. The molecule has 1 aliphatic carbocycles. The summed E-state index contributed by atoms with van der Waals surface area (Å²) in [6.45, 7) is 10.5. The fraction of sp³-hybridized carbons (Fsp3) is 0.680. The first-order valence-corrected chi connectivity index (χ1v) is 12.2. The number of likely N-dealkylation sites (tertiary alicyclic amines) is 1. The zero-order valence-electron chi connectivity index (χ0n) is 20.5. The van der Waals surface area contributed by atoms with Gasteiger partial charge < -0.3 is 14.4 Å². The number of anilines is 1. The summed E-state index contributed by atoms with van der Waals surface area (Å²) >= 11 is 0. The quantitative estimate of drug-likeness (QED) is 0.441. The van der Waals surface area contributed by atoms with Crippen molar-refractivity contribution >= 4 is 24.1 Å². The fourth-order valence-electron chi connectivity index (χ4n) is 4.53. The maximum absolute atomic E-state index is 13.1. The van der Waals surface area contributed by atoms with Gasteiger partial charge in [-0.2, -0.15) is 0 Å². The van der Waals surface area contributed by atoms with E-state index in [9.17, 15) is 9.59 Å². The van der Waals surface area contributed by atoms with Crippen LogP contribution in [0.25, 0.3) is 6.08 Å². The highest BCUT2D eigenvalue weighted by Gasteiger charge is 2.36. The second-order valence-corrected chi connectivity index (χ2v) is 9.96. The van der Waals surface area contributed by atoms with Crippen LogP contribution in [-0.2, 0) is 14.3 Å². The largest absolute Gasteiger partial charge is 0.463 e. The number of ether oxygens (including phenoxy) is 2. The summed E-state index contributed by atoms with van der Waals surface area (Å²) in [5.74, 6) is 0.664. The van der Waals surface area contributed by atoms with Crippen molar-refractivity contribution in [3.8, 4) is 0 Å². The van der Waals surface area contributed by atoms with E-state index >= 15 is 0 Å². The molecule has 1 aromatic rings. The van der Waals surface area contributed by atoms with Gasteiger partial charge in [-0.25, -0.2) is 24.5 Å². The zero-order chi connectivity index (χ0) is 23.8. The minimum atomic E-state index is -0.613. The summed E-state index contributed by atoms with van der Waals surface area (Å²) in [6.07, 6.45) is 13.2.